The molecule has 83 heavy (non-hydrogen) atoms. The SMILES string of the molecule is CCCCCc1ccc(Nc2cc3c(cc2-c2cc(N(c4cccc(-c5ccccc5)c4)c4cccc(-c5ccccc5)c4)cc4c2[B]c2cccc5c2N4c2ccccc2C52c4ccccc4-c4ccccc42)oc2ccccc23)cc1. The van der Waals surface area contributed by atoms with Gasteiger partial charge in [-0.3, -0.25) is 0 Å². The van der Waals surface area contributed by atoms with Crippen molar-refractivity contribution >= 4 is 85.6 Å². The van der Waals surface area contributed by atoms with Crippen molar-refractivity contribution in [1.82, 2.24) is 0 Å². The van der Waals surface area contributed by atoms with Crippen LogP contribution in [0.25, 0.3) is 66.4 Å². The summed E-state index contributed by atoms with van der Waals surface area (Å²) in [6.45, 7) is 2.27. The number of para-hydroxylation sites is 3. The lowest BCUT2D eigenvalue weighted by molar-refractivity contribution is 0.669. The van der Waals surface area contributed by atoms with Crippen LogP contribution >= 0.6 is 0 Å². The lowest BCUT2D eigenvalue weighted by Gasteiger charge is -2.48. The zero-order valence-corrected chi connectivity index (χ0v) is 46.2. The quantitative estimate of drug-likeness (QED) is 0.0976. The summed E-state index contributed by atoms with van der Waals surface area (Å²) >= 11 is 0. The van der Waals surface area contributed by atoms with Crippen LogP contribution in [0.1, 0.15) is 54.0 Å². The van der Waals surface area contributed by atoms with E-state index in [4.69, 9.17) is 4.42 Å². The third-order valence-electron chi connectivity index (χ3n) is 17.7. The summed E-state index contributed by atoms with van der Waals surface area (Å²) in [4.78, 5) is 5.06. The smallest absolute Gasteiger partial charge is 0.197 e. The Morgan fingerprint density at radius 2 is 1.04 bits per heavy atom. The van der Waals surface area contributed by atoms with Gasteiger partial charge in [-0.05, 0) is 158 Å². The average molecular weight is 1060 g/mol. The molecule has 1 spiro atoms. The summed E-state index contributed by atoms with van der Waals surface area (Å²) in [7, 11) is 2.46. The Balaban J connectivity index is 0.988. The molecule has 3 heterocycles. The summed E-state index contributed by atoms with van der Waals surface area (Å²) in [5.74, 6) is 0. The maximum Gasteiger partial charge on any atom is 0.197 e. The number of furan rings is 1. The number of anilines is 8. The maximum absolute atomic E-state index is 6.88. The van der Waals surface area contributed by atoms with E-state index in [0.717, 1.165) is 107 Å². The number of rotatable bonds is 12. The molecule has 3 aliphatic rings. The molecule has 12 aromatic carbocycles. The highest BCUT2D eigenvalue weighted by atomic mass is 16.3. The van der Waals surface area contributed by atoms with E-state index in [-0.39, 0.29) is 0 Å². The third kappa shape index (κ3) is 7.90. The Morgan fingerprint density at radius 3 is 1.73 bits per heavy atom. The lowest BCUT2D eigenvalue weighted by Crippen LogP contribution is -2.47. The van der Waals surface area contributed by atoms with Gasteiger partial charge >= 0.3 is 0 Å². The fourth-order valence-corrected chi connectivity index (χ4v) is 14.0. The topological polar surface area (TPSA) is 31.6 Å². The van der Waals surface area contributed by atoms with Gasteiger partial charge in [0.2, 0.25) is 0 Å². The van der Waals surface area contributed by atoms with Crippen molar-refractivity contribution < 1.29 is 4.42 Å². The number of hydrogen-bond acceptors (Lipinski definition) is 4. The first-order chi connectivity index (χ1) is 41.1. The molecule has 0 amide bonds. The monoisotopic (exact) mass is 1060 g/mol. The van der Waals surface area contributed by atoms with Crippen molar-refractivity contribution in [2.24, 2.45) is 0 Å². The minimum Gasteiger partial charge on any atom is -0.456 e. The van der Waals surface area contributed by atoms with Crippen LogP contribution in [0.3, 0.4) is 0 Å². The second-order valence-electron chi connectivity index (χ2n) is 22.4. The molecule has 0 fully saturated rings. The minimum absolute atomic E-state index is 0.561. The Hall–Kier alpha value is -10.1. The molecule has 1 radical (unpaired) electrons. The normalized spacial score (nSPS) is 13.0. The molecule has 16 rings (SSSR count). The van der Waals surface area contributed by atoms with Gasteiger partial charge in [-0.15, -0.1) is 0 Å². The van der Waals surface area contributed by atoms with Crippen LogP contribution in [0, 0.1) is 0 Å². The fourth-order valence-electron chi connectivity index (χ4n) is 14.0. The van der Waals surface area contributed by atoms with Crippen molar-refractivity contribution in [2.75, 3.05) is 15.1 Å². The van der Waals surface area contributed by atoms with Gasteiger partial charge in [-0.2, -0.15) is 0 Å². The molecule has 2 aliphatic heterocycles. The molecular weight excluding hydrogens is 1010 g/mol. The molecule has 1 aromatic heterocycles. The fraction of sp³-hybridized carbons (Fsp3) is 0.0769. The Morgan fingerprint density at radius 1 is 0.434 bits per heavy atom. The van der Waals surface area contributed by atoms with Crippen LogP contribution in [0.15, 0.2) is 277 Å². The van der Waals surface area contributed by atoms with Crippen molar-refractivity contribution in [3.63, 3.8) is 0 Å². The standard InChI is InChI=1S/C78H57BN3O/c1-2-3-6-22-51-41-43-56(44-42-51)80-71-49-64-62-33-13-18-40-74(62)83-75(64)50-63(71)65-47-59(81(57-29-19-27-54(45-57)52-23-7-4-8-24-52)58-30-20-28-55(46-58)53-25-9-5-10-26-53)48-73-76(65)79-70-38-21-37-69-77(70)82(73)72-39-17-16-36-68(72)78(69)66-34-14-11-31-60(66)61-32-12-15-35-67(61)78/h4-5,7-21,23-50,80H,2-3,6,22H2,1H3. The molecule has 5 heteroatoms. The van der Waals surface area contributed by atoms with E-state index in [1.165, 1.54) is 69.4 Å². The van der Waals surface area contributed by atoms with E-state index in [9.17, 15) is 0 Å². The summed E-state index contributed by atoms with van der Waals surface area (Å²) in [6, 6.07) is 101. The highest BCUT2D eigenvalue weighted by Crippen LogP contribution is 2.63. The summed E-state index contributed by atoms with van der Waals surface area (Å²) in [5.41, 5.74) is 27.8. The predicted octanol–water partition coefficient (Wildman–Crippen LogP) is 19.6. The number of nitrogens with one attached hydrogen (secondary N) is 1. The number of aryl methyl sites for hydroxylation is 1. The highest BCUT2D eigenvalue weighted by molar-refractivity contribution is 6.73. The van der Waals surface area contributed by atoms with Crippen LogP contribution in [0.2, 0.25) is 0 Å². The molecule has 1 N–H and O–H groups in total. The molecule has 393 valence electrons. The zero-order chi connectivity index (χ0) is 55.0. The number of unbranched alkanes of at least 4 members (excludes halogenated alkanes) is 2. The van der Waals surface area contributed by atoms with Crippen molar-refractivity contribution in [3.05, 3.63) is 301 Å². The first-order valence-corrected chi connectivity index (χ1v) is 29.3. The van der Waals surface area contributed by atoms with Gasteiger partial charge in [0.05, 0.1) is 11.1 Å². The van der Waals surface area contributed by atoms with Gasteiger partial charge in [0.25, 0.3) is 0 Å². The Labute approximate surface area is 485 Å². The van der Waals surface area contributed by atoms with Gasteiger partial charge in [-0.25, -0.2) is 0 Å². The molecule has 1 aliphatic carbocycles. The van der Waals surface area contributed by atoms with E-state index in [1.807, 2.05) is 0 Å². The molecule has 0 saturated carbocycles. The molecule has 0 unspecified atom stereocenters. The minimum atomic E-state index is -0.561. The van der Waals surface area contributed by atoms with Crippen molar-refractivity contribution in [1.29, 1.82) is 0 Å². The van der Waals surface area contributed by atoms with Gasteiger partial charge in [-0.1, -0.05) is 225 Å². The Bertz CT molecular complexity index is 4530. The van der Waals surface area contributed by atoms with Crippen LogP contribution in [0.5, 0.6) is 0 Å². The van der Waals surface area contributed by atoms with Gasteiger partial charge in [0.1, 0.15) is 11.2 Å². The van der Waals surface area contributed by atoms with Crippen LogP contribution in [-0.4, -0.2) is 7.28 Å². The number of fused-ring (bicyclic) bond motifs is 14. The van der Waals surface area contributed by atoms with Crippen molar-refractivity contribution in [3.8, 4) is 44.5 Å². The summed E-state index contributed by atoms with van der Waals surface area (Å²) in [5, 5.41) is 6.18. The average Bonchev–Trinajstić information content (AvgIpc) is 1.90. The summed E-state index contributed by atoms with van der Waals surface area (Å²) < 4.78 is 6.88. The first kappa shape index (κ1) is 48.8. The summed E-state index contributed by atoms with van der Waals surface area (Å²) in [6.07, 6.45) is 4.69. The van der Waals surface area contributed by atoms with Gasteiger partial charge in [0.15, 0.2) is 7.28 Å². The third-order valence-corrected chi connectivity index (χ3v) is 17.7. The molecule has 0 saturated heterocycles. The van der Waals surface area contributed by atoms with Gasteiger partial charge in [0, 0.05) is 56.1 Å². The second-order valence-corrected chi connectivity index (χ2v) is 22.4. The van der Waals surface area contributed by atoms with E-state index in [0.29, 0.717) is 0 Å². The maximum atomic E-state index is 6.88. The molecule has 0 atom stereocenters. The number of nitrogens with zero attached hydrogens (tertiary/aromatic N) is 2. The lowest BCUT2D eigenvalue weighted by atomic mass is 9.54. The first-order valence-electron chi connectivity index (χ1n) is 29.3. The zero-order valence-electron chi connectivity index (χ0n) is 46.2. The molecular formula is C78H57BN3O. The van der Waals surface area contributed by atoms with Gasteiger partial charge < -0.3 is 19.5 Å². The van der Waals surface area contributed by atoms with E-state index in [2.05, 4.69) is 302 Å². The number of benzene rings is 12. The number of hydrogen-bond donors (Lipinski definition) is 1. The largest absolute Gasteiger partial charge is 0.456 e. The Kier molecular flexibility index (Phi) is 11.7. The van der Waals surface area contributed by atoms with E-state index in [1.54, 1.807) is 0 Å². The molecule has 0 bridgehead atoms. The predicted molar refractivity (Wildman–Crippen MR) is 348 cm³/mol. The van der Waals surface area contributed by atoms with Crippen LogP contribution < -0.4 is 26.0 Å². The second kappa shape index (κ2) is 19.9. The van der Waals surface area contributed by atoms with Crippen LogP contribution in [-0.2, 0) is 11.8 Å². The van der Waals surface area contributed by atoms with Crippen molar-refractivity contribution in [2.45, 2.75) is 38.0 Å². The molecule has 13 aromatic rings. The van der Waals surface area contributed by atoms with E-state index < -0.39 is 5.41 Å². The van der Waals surface area contributed by atoms with Crippen LogP contribution in [0.4, 0.5) is 45.5 Å². The highest BCUT2D eigenvalue weighted by Gasteiger charge is 2.53. The van der Waals surface area contributed by atoms with E-state index >= 15 is 0 Å². The molecule has 4 nitrogen and oxygen atoms in total.